The van der Waals surface area contributed by atoms with Crippen molar-refractivity contribution in [2.45, 2.75) is 40.2 Å². The molecule has 0 radical (unpaired) electrons. The van der Waals surface area contributed by atoms with Crippen LogP contribution in [0.2, 0.25) is 0 Å². The van der Waals surface area contributed by atoms with Gasteiger partial charge in [0.15, 0.2) is 0 Å². The van der Waals surface area contributed by atoms with E-state index in [-0.39, 0.29) is 0 Å². The number of nitrogens with zero attached hydrogens (tertiary/aromatic N) is 1. The fourth-order valence-corrected chi connectivity index (χ4v) is 1.76. The highest BCUT2D eigenvalue weighted by Crippen LogP contribution is 2.13. The Balaban J connectivity index is 4.05. The van der Waals surface area contributed by atoms with Gasteiger partial charge in [0.25, 0.3) is 0 Å². The number of aliphatic hydroxyl groups is 1. The molecule has 0 aromatic carbocycles. The third-order valence-electron chi connectivity index (χ3n) is 2.48. The summed E-state index contributed by atoms with van der Waals surface area (Å²) in [6.07, 6.45) is 0.902. The van der Waals surface area contributed by atoms with Crippen molar-refractivity contribution in [1.82, 2.24) is 4.90 Å². The van der Waals surface area contributed by atoms with Gasteiger partial charge in [0.2, 0.25) is 0 Å². The molecule has 74 valence electrons. The molecular weight excluding hydrogens is 150 g/mol. The molecule has 0 fully saturated rings. The molecule has 1 N–H and O–H groups in total. The summed E-state index contributed by atoms with van der Waals surface area (Å²) in [5.41, 5.74) is 0. The van der Waals surface area contributed by atoms with E-state index in [1.54, 1.807) is 0 Å². The molecule has 0 spiro atoms. The van der Waals surface area contributed by atoms with Crippen LogP contribution in [0.15, 0.2) is 0 Å². The lowest BCUT2D eigenvalue weighted by atomic mass is 9.99. The first-order chi connectivity index (χ1) is 5.67. The third-order valence-corrected chi connectivity index (χ3v) is 2.48. The van der Waals surface area contributed by atoms with E-state index in [1.165, 1.54) is 0 Å². The van der Waals surface area contributed by atoms with Gasteiger partial charge < -0.3 is 10.0 Å². The minimum Gasteiger partial charge on any atom is -0.396 e. The second-order valence-electron chi connectivity index (χ2n) is 3.54. The van der Waals surface area contributed by atoms with Crippen LogP contribution in [0.25, 0.3) is 0 Å². The predicted octanol–water partition coefficient (Wildman–Crippen LogP) is 1.74. The van der Waals surface area contributed by atoms with E-state index in [4.69, 9.17) is 5.11 Å². The summed E-state index contributed by atoms with van der Waals surface area (Å²) in [5.74, 6) is 0.636. The molecule has 0 amide bonds. The van der Waals surface area contributed by atoms with Crippen molar-refractivity contribution in [3.63, 3.8) is 0 Å². The van der Waals surface area contributed by atoms with Crippen molar-refractivity contribution in [2.75, 3.05) is 19.7 Å². The van der Waals surface area contributed by atoms with Crippen LogP contribution in [-0.4, -0.2) is 35.7 Å². The van der Waals surface area contributed by atoms with E-state index in [9.17, 15) is 0 Å². The SMILES string of the molecule is CCN(CC)C(CCO)C(C)C. The zero-order chi connectivity index (χ0) is 9.56. The van der Waals surface area contributed by atoms with Crippen LogP contribution in [0.5, 0.6) is 0 Å². The van der Waals surface area contributed by atoms with Crippen LogP contribution in [0.4, 0.5) is 0 Å². The minimum atomic E-state index is 0.305. The van der Waals surface area contributed by atoms with Gasteiger partial charge in [-0.15, -0.1) is 0 Å². The topological polar surface area (TPSA) is 23.5 Å². The summed E-state index contributed by atoms with van der Waals surface area (Å²) < 4.78 is 0. The van der Waals surface area contributed by atoms with Gasteiger partial charge in [-0.2, -0.15) is 0 Å². The highest BCUT2D eigenvalue weighted by molar-refractivity contribution is 4.72. The molecule has 1 unspecified atom stereocenters. The highest BCUT2D eigenvalue weighted by atomic mass is 16.3. The van der Waals surface area contributed by atoms with Crippen molar-refractivity contribution >= 4 is 0 Å². The molecule has 2 nitrogen and oxygen atoms in total. The van der Waals surface area contributed by atoms with Crippen molar-refractivity contribution < 1.29 is 5.11 Å². The quantitative estimate of drug-likeness (QED) is 0.661. The second kappa shape index (κ2) is 6.44. The molecule has 0 aliphatic heterocycles. The van der Waals surface area contributed by atoms with Gasteiger partial charge in [0.05, 0.1) is 0 Å². The van der Waals surface area contributed by atoms with Crippen molar-refractivity contribution in [1.29, 1.82) is 0 Å². The normalized spacial score (nSPS) is 14.2. The zero-order valence-corrected chi connectivity index (χ0v) is 8.88. The van der Waals surface area contributed by atoms with E-state index in [2.05, 4.69) is 32.6 Å². The number of rotatable bonds is 6. The lowest BCUT2D eigenvalue weighted by Crippen LogP contribution is -2.39. The standard InChI is InChI=1S/C10H23NO/c1-5-11(6-2)10(7-8-12)9(3)4/h9-10,12H,5-8H2,1-4H3. The van der Waals surface area contributed by atoms with Crippen LogP contribution < -0.4 is 0 Å². The van der Waals surface area contributed by atoms with Gasteiger partial charge in [-0.25, -0.2) is 0 Å². The van der Waals surface area contributed by atoms with Crippen LogP contribution in [0, 0.1) is 5.92 Å². The summed E-state index contributed by atoms with van der Waals surface area (Å²) in [7, 11) is 0. The van der Waals surface area contributed by atoms with Gasteiger partial charge in [-0.3, -0.25) is 0 Å². The molecule has 2 heteroatoms. The largest absolute Gasteiger partial charge is 0.396 e. The maximum Gasteiger partial charge on any atom is 0.0446 e. The summed E-state index contributed by atoms with van der Waals surface area (Å²) in [4.78, 5) is 2.42. The molecule has 0 aliphatic carbocycles. The van der Waals surface area contributed by atoms with Crippen LogP contribution in [0.3, 0.4) is 0 Å². The third kappa shape index (κ3) is 3.55. The van der Waals surface area contributed by atoms with E-state index < -0.39 is 0 Å². The molecule has 0 rings (SSSR count). The smallest absolute Gasteiger partial charge is 0.0446 e. The molecule has 0 aromatic heterocycles. The monoisotopic (exact) mass is 173 g/mol. The first-order valence-corrected chi connectivity index (χ1v) is 5.02. The van der Waals surface area contributed by atoms with Crippen molar-refractivity contribution in [3.05, 3.63) is 0 Å². The first-order valence-electron chi connectivity index (χ1n) is 5.02. The van der Waals surface area contributed by atoms with Gasteiger partial charge in [0.1, 0.15) is 0 Å². The molecule has 1 atom stereocenters. The van der Waals surface area contributed by atoms with Crippen LogP contribution in [-0.2, 0) is 0 Å². The highest BCUT2D eigenvalue weighted by Gasteiger charge is 2.17. The van der Waals surface area contributed by atoms with Gasteiger partial charge >= 0.3 is 0 Å². The number of aliphatic hydroxyl groups excluding tert-OH is 1. The number of hydrogen-bond donors (Lipinski definition) is 1. The first kappa shape index (κ1) is 11.9. The molecular formula is C10H23NO. The van der Waals surface area contributed by atoms with Crippen molar-refractivity contribution in [2.24, 2.45) is 5.92 Å². The Bertz CT molecular complexity index is 100. The summed E-state index contributed by atoms with van der Waals surface area (Å²) in [5, 5.41) is 8.90. The Morgan fingerprint density at radius 2 is 1.67 bits per heavy atom. The van der Waals surface area contributed by atoms with E-state index in [1.807, 2.05) is 0 Å². The lowest BCUT2D eigenvalue weighted by Gasteiger charge is -2.32. The average molecular weight is 173 g/mol. The van der Waals surface area contributed by atoms with Crippen LogP contribution in [0.1, 0.15) is 34.1 Å². The van der Waals surface area contributed by atoms with Gasteiger partial charge in [0, 0.05) is 12.6 Å². The molecule has 0 saturated heterocycles. The van der Waals surface area contributed by atoms with E-state index >= 15 is 0 Å². The molecule has 0 bridgehead atoms. The maximum atomic E-state index is 8.90. The van der Waals surface area contributed by atoms with Gasteiger partial charge in [-0.05, 0) is 25.4 Å². The predicted molar refractivity (Wildman–Crippen MR) is 53.2 cm³/mol. The fraction of sp³-hybridized carbons (Fsp3) is 1.00. The minimum absolute atomic E-state index is 0.305. The molecule has 0 aromatic rings. The Hall–Kier alpha value is -0.0800. The average Bonchev–Trinajstić information content (AvgIpc) is 2.05. The summed E-state index contributed by atoms with van der Waals surface area (Å²) in [6, 6.07) is 0.546. The van der Waals surface area contributed by atoms with E-state index in [0.717, 1.165) is 19.5 Å². The number of hydrogen-bond acceptors (Lipinski definition) is 2. The Labute approximate surface area is 76.6 Å². The Morgan fingerprint density at radius 1 is 1.17 bits per heavy atom. The fourth-order valence-electron chi connectivity index (χ4n) is 1.76. The molecule has 0 aliphatic rings. The Morgan fingerprint density at radius 3 is 1.92 bits per heavy atom. The molecule has 0 heterocycles. The second-order valence-corrected chi connectivity index (χ2v) is 3.54. The van der Waals surface area contributed by atoms with Gasteiger partial charge in [-0.1, -0.05) is 27.7 Å². The van der Waals surface area contributed by atoms with Crippen molar-refractivity contribution in [3.8, 4) is 0 Å². The summed E-state index contributed by atoms with van der Waals surface area (Å²) >= 11 is 0. The molecule has 12 heavy (non-hydrogen) atoms. The Kier molecular flexibility index (Phi) is 6.39. The lowest BCUT2D eigenvalue weighted by molar-refractivity contribution is 0.133. The zero-order valence-electron chi connectivity index (χ0n) is 8.88. The molecule has 0 saturated carbocycles. The summed E-state index contributed by atoms with van der Waals surface area (Å²) in [6.45, 7) is 11.3. The van der Waals surface area contributed by atoms with E-state index in [0.29, 0.717) is 18.6 Å². The maximum absolute atomic E-state index is 8.90. The van der Waals surface area contributed by atoms with Crippen LogP contribution >= 0.6 is 0 Å².